The molecule has 0 aliphatic carbocycles. The molecular formula is C18H26N3O5PS3. The zero-order valence-corrected chi connectivity index (χ0v) is 20.2. The van der Waals surface area contributed by atoms with Gasteiger partial charge in [-0.1, -0.05) is 17.9 Å². The van der Waals surface area contributed by atoms with Crippen molar-refractivity contribution >= 4 is 68.8 Å². The summed E-state index contributed by atoms with van der Waals surface area (Å²) in [7, 11) is 2.56. The Labute approximate surface area is 194 Å². The Hall–Kier alpha value is -1.68. The number of amides is 3. The highest BCUT2D eigenvalue weighted by molar-refractivity contribution is 7.88. The van der Waals surface area contributed by atoms with Crippen LogP contribution in [0.3, 0.4) is 0 Å². The number of carboxylic acid groups (broad SMARTS) is 1. The highest BCUT2D eigenvalue weighted by Crippen LogP contribution is 2.08. The zero-order chi connectivity index (χ0) is 23.3. The quantitative estimate of drug-likeness (QED) is 0.249. The number of carbonyl (C=O) groups is 4. The fourth-order valence-corrected chi connectivity index (χ4v) is 2.91. The van der Waals surface area contributed by atoms with Gasteiger partial charge in [-0.05, 0) is 40.1 Å². The number of carbonyl (C=O) groups excluding carboxylic acids is 3. The lowest BCUT2D eigenvalue weighted by atomic mass is 10.1. The number of rotatable bonds is 10. The third-order valence-corrected chi connectivity index (χ3v) is 4.76. The van der Waals surface area contributed by atoms with E-state index in [1.54, 1.807) is 4.90 Å². The van der Waals surface area contributed by atoms with Crippen LogP contribution < -0.4 is 10.6 Å². The molecule has 0 fully saturated rings. The van der Waals surface area contributed by atoms with E-state index in [4.69, 9.17) is 5.11 Å². The SMILES string of the molecule is CCN(CC)C(=O)C(CS)NC(=O)c1cccc(C(=O)NC(CS)C(=O)O)c1.P=S. The maximum Gasteiger partial charge on any atom is 0.327 e. The molecule has 0 aromatic heterocycles. The number of likely N-dealkylation sites (N-methyl/N-ethyl adjacent to an activating group) is 1. The average molecular weight is 492 g/mol. The van der Waals surface area contributed by atoms with Gasteiger partial charge in [0.2, 0.25) is 5.91 Å². The Bertz CT molecular complexity index is 750. The molecule has 0 saturated heterocycles. The summed E-state index contributed by atoms with van der Waals surface area (Å²) in [5, 5.41) is 14.0. The molecule has 1 aromatic carbocycles. The zero-order valence-electron chi connectivity index (χ0n) is 16.6. The van der Waals surface area contributed by atoms with E-state index in [9.17, 15) is 19.2 Å². The first-order chi connectivity index (χ1) is 14.3. The summed E-state index contributed by atoms with van der Waals surface area (Å²) in [6.45, 7) is 4.72. The predicted octanol–water partition coefficient (Wildman–Crippen LogP) is 1.29. The largest absolute Gasteiger partial charge is 0.480 e. The first-order valence-electron chi connectivity index (χ1n) is 8.94. The van der Waals surface area contributed by atoms with Crippen LogP contribution in [0.15, 0.2) is 24.3 Å². The van der Waals surface area contributed by atoms with Gasteiger partial charge in [0.1, 0.15) is 12.1 Å². The summed E-state index contributed by atoms with van der Waals surface area (Å²) in [4.78, 5) is 49.8. The molecule has 3 amide bonds. The van der Waals surface area contributed by atoms with Crippen LogP contribution in [0.2, 0.25) is 0 Å². The van der Waals surface area contributed by atoms with E-state index >= 15 is 0 Å². The Kier molecular flexibility index (Phi) is 14.3. The van der Waals surface area contributed by atoms with E-state index in [-0.39, 0.29) is 28.5 Å². The standard InChI is InChI=1S/C18H25N3O5S2.HPS/c1-3-21(4-2)17(24)13(9-27)19-15(22)11-6-5-7-12(8-11)16(23)20-14(10-28)18(25)26;1-2/h5-8,13-14,27-28H,3-4,9-10H2,1-2H3,(H,19,22)(H,20,23)(H,25,26);1H. The van der Waals surface area contributed by atoms with Gasteiger partial charge in [0.05, 0.1) is 0 Å². The summed E-state index contributed by atoms with van der Waals surface area (Å²) < 4.78 is 0. The second-order valence-corrected chi connectivity index (χ2v) is 6.58. The van der Waals surface area contributed by atoms with Crippen molar-refractivity contribution in [3.05, 3.63) is 35.4 Å². The number of hydrogen-bond donors (Lipinski definition) is 5. The van der Waals surface area contributed by atoms with E-state index in [1.165, 1.54) is 24.3 Å². The smallest absolute Gasteiger partial charge is 0.327 e. The minimum atomic E-state index is -1.20. The Balaban J connectivity index is 0.00000407. The Morgan fingerprint density at radius 3 is 1.80 bits per heavy atom. The predicted molar refractivity (Wildman–Crippen MR) is 128 cm³/mol. The van der Waals surface area contributed by atoms with E-state index in [1.807, 2.05) is 13.8 Å². The van der Waals surface area contributed by atoms with Crippen molar-refractivity contribution in [3.8, 4) is 0 Å². The molecule has 0 bridgehead atoms. The summed E-state index contributed by atoms with van der Waals surface area (Å²) >= 11 is 11.9. The van der Waals surface area contributed by atoms with Gasteiger partial charge in [0, 0.05) is 35.7 Å². The van der Waals surface area contributed by atoms with Crippen molar-refractivity contribution in [2.45, 2.75) is 25.9 Å². The van der Waals surface area contributed by atoms with Gasteiger partial charge in [-0.2, -0.15) is 25.3 Å². The number of nitrogens with zero attached hydrogens (tertiary/aromatic N) is 1. The van der Waals surface area contributed by atoms with Gasteiger partial charge < -0.3 is 20.6 Å². The number of aliphatic carboxylic acids is 1. The lowest BCUT2D eigenvalue weighted by Gasteiger charge is -2.24. The van der Waals surface area contributed by atoms with Crippen molar-refractivity contribution in [1.82, 2.24) is 15.5 Å². The van der Waals surface area contributed by atoms with Crippen molar-refractivity contribution in [1.29, 1.82) is 0 Å². The molecule has 0 heterocycles. The summed E-state index contributed by atoms with van der Waals surface area (Å²) in [6, 6.07) is 3.85. The molecule has 0 saturated carbocycles. The summed E-state index contributed by atoms with van der Waals surface area (Å²) in [5.74, 6) is -2.55. The van der Waals surface area contributed by atoms with Crippen LogP contribution >= 0.6 is 33.3 Å². The van der Waals surface area contributed by atoms with Gasteiger partial charge in [-0.15, -0.1) is 0 Å². The van der Waals surface area contributed by atoms with Crippen molar-refractivity contribution in [2.75, 3.05) is 24.6 Å². The maximum absolute atomic E-state index is 12.5. The van der Waals surface area contributed by atoms with Gasteiger partial charge >= 0.3 is 5.97 Å². The average Bonchev–Trinajstić information content (AvgIpc) is 2.77. The molecule has 12 heteroatoms. The molecule has 30 heavy (non-hydrogen) atoms. The normalized spacial score (nSPS) is 11.9. The molecule has 0 spiro atoms. The highest BCUT2D eigenvalue weighted by atomic mass is 32.4. The third-order valence-electron chi connectivity index (χ3n) is 4.03. The van der Waals surface area contributed by atoms with Crippen LogP contribution in [-0.4, -0.2) is 70.4 Å². The molecule has 0 aliphatic heterocycles. The van der Waals surface area contributed by atoms with Crippen LogP contribution in [0.1, 0.15) is 34.6 Å². The number of benzene rings is 1. The molecule has 2 unspecified atom stereocenters. The fraction of sp³-hybridized carbons (Fsp3) is 0.444. The first kappa shape index (κ1) is 28.3. The van der Waals surface area contributed by atoms with E-state index in [0.717, 1.165) is 0 Å². The van der Waals surface area contributed by atoms with Crippen molar-refractivity contribution in [2.24, 2.45) is 0 Å². The molecule has 0 radical (unpaired) electrons. The van der Waals surface area contributed by atoms with E-state index in [0.29, 0.717) is 13.1 Å². The lowest BCUT2D eigenvalue weighted by molar-refractivity contribution is -0.138. The minimum Gasteiger partial charge on any atom is -0.480 e. The van der Waals surface area contributed by atoms with Gasteiger partial charge in [0.15, 0.2) is 0 Å². The van der Waals surface area contributed by atoms with Gasteiger partial charge in [-0.3, -0.25) is 14.4 Å². The molecule has 1 aromatic rings. The number of hydrogen-bond acceptors (Lipinski definition) is 7. The second kappa shape index (κ2) is 15.2. The summed E-state index contributed by atoms with van der Waals surface area (Å²) in [6.07, 6.45) is 0. The van der Waals surface area contributed by atoms with Crippen molar-refractivity contribution in [3.63, 3.8) is 0 Å². The van der Waals surface area contributed by atoms with Crippen LogP contribution in [0.25, 0.3) is 0 Å². The van der Waals surface area contributed by atoms with Crippen LogP contribution in [0.4, 0.5) is 0 Å². The van der Waals surface area contributed by atoms with Crippen LogP contribution in [0, 0.1) is 0 Å². The second-order valence-electron chi connectivity index (χ2n) is 5.85. The van der Waals surface area contributed by atoms with Gasteiger partial charge in [0.25, 0.3) is 11.8 Å². The van der Waals surface area contributed by atoms with Crippen LogP contribution in [0.5, 0.6) is 0 Å². The van der Waals surface area contributed by atoms with E-state index in [2.05, 4.69) is 55.7 Å². The molecule has 8 nitrogen and oxygen atoms in total. The molecule has 2 atom stereocenters. The Morgan fingerprint density at radius 1 is 1.00 bits per heavy atom. The third kappa shape index (κ3) is 8.59. The highest BCUT2D eigenvalue weighted by Gasteiger charge is 2.24. The number of carboxylic acids is 1. The number of nitrogens with one attached hydrogen (secondary N) is 2. The molecule has 166 valence electrons. The summed E-state index contributed by atoms with van der Waals surface area (Å²) in [5.41, 5.74) is 0.294. The molecule has 0 aliphatic rings. The molecular weight excluding hydrogens is 465 g/mol. The van der Waals surface area contributed by atoms with Crippen molar-refractivity contribution < 1.29 is 24.3 Å². The number of thiol groups is 2. The monoisotopic (exact) mass is 491 g/mol. The van der Waals surface area contributed by atoms with E-state index < -0.39 is 29.9 Å². The first-order valence-corrected chi connectivity index (χ1v) is 11.8. The Morgan fingerprint density at radius 2 is 1.43 bits per heavy atom. The van der Waals surface area contributed by atoms with Crippen LogP contribution in [-0.2, 0) is 21.4 Å². The molecule has 1 rings (SSSR count). The lowest BCUT2D eigenvalue weighted by Crippen LogP contribution is -2.49. The minimum absolute atomic E-state index is 0.0711. The fourth-order valence-electron chi connectivity index (χ4n) is 2.41. The van der Waals surface area contributed by atoms with Gasteiger partial charge in [-0.25, -0.2) is 4.79 Å². The molecule has 3 N–H and O–H groups in total. The topological polar surface area (TPSA) is 116 Å². The maximum atomic E-state index is 12.5.